The molecule has 2 aromatic carbocycles. The van der Waals surface area contributed by atoms with Crippen LogP contribution >= 0.6 is 11.3 Å². The highest BCUT2D eigenvalue weighted by Crippen LogP contribution is 2.27. The summed E-state index contributed by atoms with van der Waals surface area (Å²) >= 11 is 1.26. The van der Waals surface area contributed by atoms with Crippen LogP contribution in [0.25, 0.3) is 21.9 Å². The summed E-state index contributed by atoms with van der Waals surface area (Å²) in [6.07, 6.45) is 0. The minimum Gasteiger partial charge on any atom is -0.355 e. The van der Waals surface area contributed by atoms with Crippen LogP contribution in [0.2, 0.25) is 0 Å². The van der Waals surface area contributed by atoms with Gasteiger partial charge in [-0.1, -0.05) is 65.8 Å². The van der Waals surface area contributed by atoms with E-state index in [0.29, 0.717) is 16.3 Å². The van der Waals surface area contributed by atoms with Gasteiger partial charge in [0.2, 0.25) is 0 Å². The number of hydrazine groups is 1. The molecule has 0 atom stereocenters. The quantitative estimate of drug-likeness (QED) is 0.504. The van der Waals surface area contributed by atoms with E-state index in [0.717, 1.165) is 16.1 Å². The van der Waals surface area contributed by atoms with E-state index in [-0.39, 0.29) is 5.69 Å². The lowest BCUT2D eigenvalue weighted by Crippen LogP contribution is -2.41. The second-order valence-corrected chi connectivity index (χ2v) is 7.15. The minimum atomic E-state index is -0.574. The zero-order valence-electron chi connectivity index (χ0n) is 15.4. The first kappa shape index (κ1) is 18.6. The van der Waals surface area contributed by atoms with Gasteiger partial charge in [0.25, 0.3) is 11.8 Å². The van der Waals surface area contributed by atoms with Gasteiger partial charge in [0.1, 0.15) is 9.88 Å². The fraction of sp³-hybridized carbons (Fsp3) is 0.0476. The maximum atomic E-state index is 12.5. The molecular weight excluding hydrogens is 388 g/mol. The van der Waals surface area contributed by atoms with Crippen molar-refractivity contribution in [3.05, 3.63) is 83.0 Å². The van der Waals surface area contributed by atoms with E-state index in [1.165, 1.54) is 17.4 Å². The number of benzene rings is 2. The highest BCUT2D eigenvalue weighted by molar-refractivity contribution is 7.17. The molecule has 0 fully saturated rings. The first-order valence-corrected chi connectivity index (χ1v) is 9.59. The van der Waals surface area contributed by atoms with Gasteiger partial charge < -0.3 is 4.52 Å². The topological polar surface area (TPSA) is 97.1 Å². The van der Waals surface area contributed by atoms with Gasteiger partial charge in [-0.3, -0.25) is 20.4 Å². The van der Waals surface area contributed by atoms with E-state index >= 15 is 0 Å². The van der Waals surface area contributed by atoms with Crippen molar-refractivity contribution in [3.8, 4) is 21.9 Å². The van der Waals surface area contributed by atoms with E-state index in [9.17, 15) is 9.59 Å². The molecular formula is C21H16N4O3S. The van der Waals surface area contributed by atoms with Crippen molar-refractivity contribution in [1.29, 1.82) is 0 Å². The van der Waals surface area contributed by atoms with Crippen molar-refractivity contribution < 1.29 is 14.1 Å². The van der Waals surface area contributed by atoms with Gasteiger partial charge in [0, 0.05) is 17.2 Å². The Kier molecular flexibility index (Phi) is 5.17. The second kappa shape index (κ2) is 8.07. The smallest absolute Gasteiger partial charge is 0.291 e. The zero-order chi connectivity index (χ0) is 20.2. The van der Waals surface area contributed by atoms with E-state index in [1.54, 1.807) is 6.92 Å². The van der Waals surface area contributed by atoms with E-state index in [4.69, 9.17) is 4.52 Å². The molecule has 29 heavy (non-hydrogen) atoms. The summed E-state index contributed by atoms with van der Waals surface area (Å²) in [5, 5.41) is 4.50. The van der Waals surface area contributed by atoms with Gasteiger partial charge in [0.15, 0.2) is 11.5 Å². The van der Waals surface area contributed by atoms with Crippen molar-refractivity contribution in [2.24, 2.45) is 0 Å². The van der Waals surface area contributed by atoms with Gasteiger partial charge in [0.05, 0.1) is 5.69 Å². The van der Waals surface area contributed by atoms with E-state index in [1.807, 2.05) is 60.7 Å². The van der Waals surface area contributed by atoms with Crippen molar-refractivity contribution in [2.75, 3.05) is 0 Å². The van der Waals surface area contributed by atoms with Crippen LogP contribution in [0.5, 0.6) is 0 Å². The van der Waals surface area contributed by atoms with Gasteiger partial charge in [-0.25, -0.2) is 4.98 Å². The summed E-state index contributed by atoms with van der Waals surface area (Å²) in [6.45, 7) is 1.75. The third kappa shape index (κ3) is 4.07. The third-order valence-electron chi connectivity index (χ3n) is 4.11. The number of hydrogen-bond acceptors (Lipinski definition) is 6. The lowest BCUT2D eigenvalue weighted by molar-refractivity contribution is 0.0843. The lowest BCUT2D eigenvalue weighted by atomic mass is 10.1. The van der Waals surface area contributed by atoms with Gasteiger partial charge >= 0.3 is 0 Å². The lowest BCUT2D eigenvalue weighted by Gasteiger charge is -2.04. The highest BCUT2D eigenvalue weighted by atomic mass is 32.1. The van der Waals surface area contributed by atoms with Crippen LogP contribution < -0.4 is 10.9 Å². The normalized spacial score (nSPS) is 10.5. The molecule has 0 unspecified atom stereocenters. The average Bonchev–Trinajstić information content (AvgIpc) is 3.40. The first-order valence-electron chi connectivity index (χ1n) is 8.77. The Hall–Kier alpha value is -3.78. The first-order chi connectivity index (χ1) is 14.1. The third-order valence-corrected chi connectivity index (χ3v) is 5.32. The van der Waals surface area contributed by atoms with Crippen molar-refractivity contribution in [2.45, 2.75) is 6.92 Å². The van der Waals surface area contributed by atoms with Crippen LogP contribution in [0.4, 0.5) is 0 Å². The Morgan fingerprint density at radius 3 is 2.21 bits per heavy atom. The fourth-order valence-corrected chi connectivity index (χ4v) is 3.63. The molecule has 0 radical (unpaired) electrons. The molecule has 4 aromatic rings. The number of carbonyl (C=O) groups is 2. The predicted molar refractivity (Wildman–Crippen MR) is 109 cm³/mol. The van der Waals surface area contributed by atoms with Crippen molar-refractivity contribution in [1.82, 2.24) is 21.0 Å². The summed E-state index contributed by atoms with van der Waals surface area (Å²) in [5.74, 6) is -0.551. The molecule has 4 rings (SSSR count). The summed E-state index contributed by atoms with van der Waals surface area (Å²) in [7, 11) is 0. The van der Waals surface area contributed by atoms with Crippen LogP contribution in [0, 0.1) is 6.92 Å². The zero-order valence-corrected chi connectivity index (χ0v) is 16.2. The number of hydrogen-bond donors (Lipinski definition) is 2. The number of rotatable bonds is 4. The van der Waals surface area contributed by atoms with Crippen molar-refractivity contribution in [3.63, 3.8) is 0 Å². The highest BCUT2D eigenvalue weighted by Gasteiger charge is 2.18. The maximum absolute atomic E-state index is 12.5. The molecule has 0 aliphatic carbocycles. The Balaban J connectivity index is 1.42. The number of nitrogens with zero attached hydrogens (tertiary/aromatic N) is 2. The molecule has 8 heteroatoms. The predicted octanol–water partition coefficient (Wildman–Crippen LogP) is 3.85. The summed E-state index contributed by atoms with van der Waals surface area (Å²) in [5.41, 5.74) is 7.15. The Morgan fingerprint density at radius 1 is 0.897 bits per heavy atom. The molecule has 0 bridgehead atoms. The standard InChI is InChI=1S/C21H16N4O3S/c1-13-18(29-21(22-13)15-10-6-3-7-11-15)20(27)24-23-19(26)16-12-17(28-25-16)14-8-4-2-5-9-14/h2-12H,1H3,(H,23,26)(H,24,27). The van der Waals surface area contributed by atoms with Gasteiger partial charge in [-0.15, -0.1) is 11.3 Å². The number of aryl methyl sites for hydroxylation is 1. The summed E-state index contributed by atoms with van der Waals surface area (Å²) in [6, 6.07) is 20.4. The number of carbonyl (C=O) groups excluding carboxylic acids is 2. The molecule has 0 saturated carbocycles. The van der Waals surface area contributed by atoms with Crippen LogP contribution in [0.3, 0.4) is 0 Å². The number of amides is 2. The SMILES string of the molecule is Cc1nc(-c2ccccc2)sc1C(=O)NNC(=O)c1cc(-c2ccccc2)on1. The molecule has 2 amide bonds. The summed E-state index contributed by atoms with van der Waals surface area (Å²) < 4.78 is 5.20. The molecule has 2 aromatic heterocycles. The van der Waals surface area contributed by atoms with Crippen LogP contribution in [0.1, 0.15) is 25.9 Å². The molecule has 144 valence electrons. The number of thiazole rings is 1. The Labute approximate surface area is 170 Å². The Bertz CT molecular complexity index is 1150. The second-order valence-electron chi connectivity index (χ2n) is 6.15. The number of aromatic nitrogens is 2. The van der Waals surface area contributed by atoms with E-state index < -0.39 is 11.8 Å². The molecule has 0 saturated heterocycles. The van der Waals surface area contributed by atoms with Gasteiger partial charge in [-0.2, -0.15) is 0 Å². The van der Waals surface area contributed by atoms with Crippen LogP contribution in [0.15, 0.2) is 71.3 Å². The molecule has 2 heterocycles. The molecule has 2 N–H and O–H groups in total. The largest absolute Gasteiger partial charge is 0.355 e. The van der Waals surface area contributed by atoms with Crippen LogP contribution in [-0.4, -0.2) is 22.0 Å². The summed E-state index contributed by atoms with van der Waals surface area (Å²) in [4.78, 5) is 29.6. The molecule has 0 aliphatic rings. The van der Waals surface area contributed by atoms with Crippen LogP contribution in [-0.2, 0) is 0 Å². The fourth-order valence-electron chi connectivity index (χ4n) is 2.67. The molecule has 0 spiro atoms. The maximum Gasteiger partial charge on any atom is 0.291 e. The number of nitrogens with one attached hydrogen (secondary N) is 2. The monoisotopic (exact) mass is 404 g/mol. The minimum absolute atomic E-state index is 0.0650. The van der Waals surface area contributed by atoms with Crippen molar-refractivity contribution >= 4 is 23.2 Å². The Morgan fingerprint density at radius 2 is 1.52 bits per heavy atom. The average molecular weight is 404 g/mol. The molecule has 7 nitrogen and oxygen atoms in total. The molecule has 0 aliphatic heterocycles. The van der Waals surface area contributed by atoms with Gasteiger partial charge in [-0.05, 0) is 6.92 Å². The van der Waals surface area contributed by atoms with E-state index in [2.05, 4.69) is 21.0 Å².